The lowest BCUT2D eigenvalue weighted by Crippen LogP contribution is -2.44. The average Bonchev–Trinajstić information content (AvgIpc) is 2.24. The summed E-state index contributed by atoms with van der Waals surface area (Å²) in [5.41, 5.74) is 5.66. The van der Waals surface area contributed by atoms with Crippen LogP contribution in [0.1, 0.15) is 6.42 Å². The highest BCUT2D eigenvalue weighted by molar-refractivity contribution is 7.98. The Hall–Kier alpha value is -0.750. The predicted octanol–water partition coefficient (Wildman–Crippen LogP) is -0.302. The van der Waals surface area contributed by atoms with Gasteiger partial charge in [-0.15, -0.1) is 0 Å². The van der Waals surface area contributed by atoms with Crippen LogP contribution < -0.4 is 5.73 Å². The molecule has 1 amide bonds. The molecule has 0 rings (SSSR count). The van der Waals surface area contributed by atoms with Crippen LogP contribution in [-0.4, -0.2) is 55.5 Å². The summed E-state index contributed by atoms with van der Waals surface area (Å²) >= 11 is 1.64. The van der Waals surface area contributed by atoms with Gasteiger partial charge in [0.25, 0.3) is 0 Å². The van der Waals surface area contributed by atoms with Gasteiger partial charge in [-0.25, -0.2) is 0 Å². The molecule has 6 heteroatoms. The van der Waals surface area contributed by atoms with Crippen molar-refractivity contribution in [3.8, 4) is 0 Å². The maximum Gasteiger partial charge on any atom is 0.325 e. The van der Waals surface area contributed by atoms with Crippen LogP contribution in [0.15, 0.2) is 0 Å². The van der Waals surface area contributed by atoms with E-state index in [1.807, 2.05) is 6.26 Å². The first-order chi connectivity index (χ1) is 7.02. The van der Waals surface area contributed by atoms with E-state index in [0.717, 1.165) is 5.75 Å². The van der Waals surface area contributed by atoms with E-state index >= 15 is 0 Å². The van der Waals surface area contributed by atoms with Gasteiger partial charge >= 0.3 is 5.97 Å². The van der Waals surface area contributed by atoms with Gasteiger partial charge in [0.15, 0.2) is 0 Å². The van der Waals surface area contributed by atoms with Gasteiger partial charge in [0.2, 0.25) is 5.91 Å². The fourth-order valence-corrected chi connectivity index (χ4v) is 1.48. The van der Waals surface area contributed by atoms with E-state index in [0.29, 0.717) is 6.42 Å². The first-order valence-electron chi connectivity index (χ1n) is 4.59. The molecule has 0 heterocycles. The second-order valence-electron chi connectivity index (χ2n) is 3.16. The average molecular weight is 234 g/mol. The van der Waals surface area contributed by atoms with Gasteiger partial charge < -0.3 is 15.4 Å². The van der Waals surface area contributed by atoms with Gasteiger partial charge in [0.1, 0.15) is 6.54 Å². The minimum absolute atomic E-state index is 0.0533. The molecule has 0 aliphatic heterocycles. The van der Waals surface area contributed by atoms with Crippen molar-refractivity contribution < 1.29 is 14.3 Å². The summed E-state index contributed by atoms with van der Waals surface area (Å²) in [6.45, 7) is -0.0533. The Balaban J connectivity index is 4.01. The van der Waals surface area contributed by atoms with Crippen molar-refractivity contribution in [3.63, 3.8) is 0 Å². The minimum atomic E-state index is -0.535. The Morgan fingerprint density at radius 1 is 1.53 bits per heavy atom. The molecule has 0 aliphatic rings. The molecule has 0 fully saturated rings. The van der Waals surface area contributed by atoms with E-state index in [-0.39, 0.29) is 12.5 Å². The van der Waals surface area contributed by atoms with E-state index in [9.17, 15) is 9.59 Å². The topological polar surface area (TPSA) is 72.6 Å². The van der Waals surface area contributed by atoms with Crippen molar-refractivity contribution in [2.75, 3.05) is 32.7 Å². The number of carbonyl (C=O) groups is 2. The maximum absolute atomic E-state index is 11.6. The number of carbonyl (C=O) groups excluding carboxylic acids is 2. The van der Waals surface area contributed by atoms with Gasteiger partial charge in [-0.1, -0.05) is 0 Å². The van der Waals surface area contributed by atoms with E-state index in [1.165, 1.54) is 19.1 Å². The van der Waals surface area contributed by atoms with Crippen molar-refractivity contribution in [1.82, 2.24) is 4.90 Å². The zero-order valence-corrected chi connectivity index (χ0v) is 10.2. The summed E-state index contributed by atoms with van der Waals surface area (Å²) in [5, 5.41) is 0. The van der Waals surface area contributed by atoms with E-state index < -0.39 is 12.0 Å². The third-order valence-corrected chi connectivity index (χ3v) is 2.56. The van der Waals surface area contributed by atoms with E-state index in [1.54, 1.807) is 11.8 Å². The van der Waals surface area contributed by atoms with Crippen molar-refractivity contribution >= 4 is 23.6 Å². The molecule has 1 atom stereocenters. The molecular weight excluding hydrogens is 216 g/mol. The number of esters is 1. The minimum Gasteiger partial charge on any atom is -0.468 e. The number of amides is 1. The van der Waals surface area contributed by atoms with E-state index in [4.69, 9.17) is 5.73 Å². The number of nitrogens with two attached hydrogens (primary N) is 1. The monoisotopic (exact) mass is 234 g/mol. The quantitative estimate of drug-likeness (QED) is 0.639. The van der Waals surface area contributed by atoms with Crippen LogP contribution in [0.5, 0.6) is 0 Å². The molecule has 15 heavy (non-hydrogen) atoms. The molecule has 88 valence electrons. The van der Waals surface area contributed by atoms with Crippen LogP contribution in [0.2, 0.25) is 0 Å². The summed E-state index contributed by atoms with van der Waals surface area (Å²) in [6.07, 6.45) is 2.57. The molecule has 0 aromatic carbocycles. The zero-order chi connectivity index (χ0) is 11.8. The zero-order valence-electron chi connectivity index (χ0n) is 9.36. The largest absolute Gasteiger partial charge is 0.468 e. The Labute approximate surface area is 94.3 Å². The van der Waals surface area contributed by atoms with Crippen molar-refractivity contribution in [3.05, 3.63) is 0 Å². The molecule has 0 unspecified atom stereocenters. The fraction of sp³-hybridized carbons (Fsp3) is 0.778. The highest BCUT2D eigenvalue weighted by atomic mass is 32.2. The number of likely N-dealkylation sites (N-methyl/N-ethyl adjacent to an activating group) is 1. The Morgan fingerprint density at radius 3 is 2.60 bits per heavy atom. The van der Waals surface area contributed by atoms with Gasteiger partial charge in [0.05, 0.1) is 13.2 Å². The number of hydrogen-bond acceptors (Lipinski definition) is 5. The van der Waals surface area contributed by atoms with Crippen molar-refractivity contribution in [1.29, 1.82) is 0 Å². The molecule has 0 spiro atoms. The Bertz CT molecular complexity index is 223. The van der Waals surface area contributed by atoms with E-state index in [2.05, 4.69) is 4.74 Å². The lowest BCUT2D eigenvalue weighted by Gasteiger charge is -2.19. The summed E-state index contributed by atoms with van der Waals surface area (Å²) in [6, 6.07) is -0.535. The molecule has 0 bridgehead atoms. The van der Waals surface area contributed by atoms with Crippen LogP contribution in [-0.2, 0) is 14.3 Å². The molecule has 0 saturated carbocycles. The third-order valence-electron chi connectivity index (χ3n) is 1.92. The number of ether oxygens (including phenoxy) is 1. The van der Waals surface area contributed by atoms with Gasteiger partial charge in [0, 0.05) is 7.05 Å². The molecule has 0 saturated heterocycles. The molecule has 0 aliphatic carbocycles. The lowest BCUT2D eigenvalue weighted by atomic mass is 10.2. The predicted molar refractivity (Wildman–Crippen MR) is 60.6 cm³/mol. The number of thioether (sulfide) groups is 1. The summed E-state index contributed by atoms with van der Waals surface area (Å²) < 4.78 is 4.45. The summed E-state index contributed by atoms with van der Waals surface area (Å²) in [7, 11) is 2.83. The third kappa shape index (κ3) is 5.64. The summed E-state index contributed by atoms with van der Waals surface area (Å²) in [5.74, 6) is 0.163. The van der Waals surface area contributed by atoms with Crippen molar-refractivity contribution in [2.45, 2.75) is 12.5 Å². The highest BCUT2D eigenvalue weighted by Gasteiger charge is 2.19. The fourth-order valence-electron chi connectivity index (χ4n) is 0.987. The molecule has 0 aromatic rings. The Kier molecular flexibility index (Phi) is 7.15. The molecule has 0 aromatic heterocycles. The number of hydrogen-bond donors (Lipinski definition) is 1. The Morgan fingerprint density at radius 2 is 2.13 bits per heavy atom. The second-order valence-corrected chi connectivity index (χ2v) is 4.14. The molecule has 5 nitrogen and oxygen atoms in total. The number of rotatable bonds is 6. The van der Waals surface area contributed by atoms with Crippen LogP contribution in [0.4, 0.5) is 0 Å². The van der Waals surface area contributed by atoms with Crippen LogP contribution in [0.3, 0.4) is 0 Å². The first-order valence-corrected chi connectivity index (χ1v) is 5.98. The summed E-state index contributed by atoms with van der Waals surface area (Å²) in [4.78, 5) is 23.8. The molecule has 2 N–H and O–H groups in total. The standard InChI is InChI=1S/C9H18N2O3S/c1-11(6-8(12)14-2)9(13)7(10)4-5-15-3/h7H,4-6,10H2,1-3H3/t7-/m0/s1. The number of nitrogens with zero attached hydrogens (tertiary/aromatic N) is 1. The maximum atomic E-state index is 11.6. The highest BCUT2D eigenvalue weighted by Crippen LogP contribution is 2.01. The lowest BCUT2D eigenvalue weighted by molar-refractivity contribution is -0.146. The smallest absolute Gasteiger partial charge is 0.325 e. The second kappa shape index (κ2) is 7.53. The SMILES string of the molecule is COC(=O)CN(C)C(=O)[C@@H](N)CCSC. The first kappa shape index (κ1) is 14.2. The van der Waals surface area contributed by atoms with Crippen molar-refractivity contribution in [2.24, 2.45) is 5.73 Å². The van der Waals surface area contributed by atoms with Gasteiger partial charge in [-0.3, -0.25) is 9.59 Å². The molecule has 0 radical (unpaired) electrons. The number of methoxy groups -OCH3 is 1. The van der Waals surface area contributed by atoms with Crippen LogP contribution >= 0.6 is 11.8 Å². The van der Waals surface area contributed by atoms with Crippen LogP contribution in [0, 0.1) is 0 Å². The van der Waals surface area contributed by atoms with Gasteiger partial charge in [-0.05, 0) is 18.4 Å². The van der Waals surface area contributed by atoms with Crippen LogP contribution in [0.25, 0.3) is 0 Å². The van der Waals surface area contributed by atoms with Gasteiger partial charge in [-0.2, -0.15) is 11.8 Å². The normalized spacial score (nSPS) is 12.0. The molecular formula is C9H18N2O3S.